The molecule has 0 aliphatic rings. The van der Waals surface area contributed by atoms with Gasteiger partial charge < -0.3 is 9.88 Å². The molecule has 1 heterocycles. The Morgan fingerprint density at radius 1 is 1.36 bits per heavy atom. The van der Waals surface area contributed by atoms with E-state index in [0.29, 0.717) is 18.2 Å². The van der Waals surface area contributed by atoms with Crippen LogP contribution in [0, 0.1) is 5.92 Å². The molecule has 0 bridgehead atoms. The third-order valence-electron chi connectivity index (χ3n) is 2.96. The zero-order valence-electron chi connectivity index (χ0n) is 12.2. The molecule has 22 heavy (non-hydrogen) atoms. The van der Waals surface area contributed by atoms with Crippen molar-refractivity contribution >= 4 is 5.91 Å². The van der Waals surface area contributed by atoms with Crippen molar-refractivity contribution in [1.82, 2.24) is 14.9 Å². The van der Waals surface area contributed by atoms with E-state index in [0.717, 1.165) is 12.1 Å². The average Bonchev–Trinajstić information content (AvgIpc) is 2.94. The summed E-state index contributed by atoms with van der Waals surface area (Å²) in [4.78, 5) is 15.8. The van der Waals surface area contributed by atoms with Crippen LogP contribution in [0.3, 0.4) is 0 Å². The summed E-state index contributed by atoms with van der Waals surface area (Å²) in [5.74, 6) is -0.0473. The molecule has 118 valence electrons. The lowest BCUT2D eigenvalue weighted by atomic mass is 10.2. The second-order valence-corrected chi connectivity index (χ2v) is 5.32. The highest BCUT2D eigenvalue weighted by Crippen LogP contribution is 2.30. The predicted molar refractivity (Wildman–Crippen MR) is 75.7 cm³/mol. The number of carbonyl (C=O) groups is 1. The number of hydrogen-bond donors (Lipinski definition) is 1. The van der Waals surface area contributed by atoms with Gasteiger partial charge in [-0.3, -0.25) is 4.79 Å². The molecule has 1 aromatic carbocycles. The summed E-state index contributed by atoms with van der Waals surface area (Å²) in [5, 5.41) is 2.70. The lowest BCUT2D eigenvalue weighted by Crippen LogP contribution is -2.27. The normalized spacial score (nSPS) is 11.7. The van der Waals surface area contributed by atoms with Gasteiger partial charge in [0.05, 0.1) is 5.56 Å². The number of halogens is 3. The zero-order chi connectivity index (χ0) is 16.3. The first kappa shape index (κ1) is 16.1. The van der Waals surface area contributed by atoms with E-state index in [1.165, 1.54) is 29.2 Å². The molecule has 0 radical (unpaired) electrons. The number of carbonyl (C=O) groups excluding carboxylic acids is 1. The van der Waals surface area contributed by atoms with Crippen LogP contribution in [0.1, 0.15) is 29.9 Å². The first-order valence-electron chi connectivity index (χ1n) is 6.77. The summed E-state index contributed by atoms with van der Waals surface area (Å²) in [6.07, 6.45) is -1.68. The van der Waals surface area contributed by atoms with E-state index in [1.807, 2.05) is 13.8 Å². The summed E-state index contributed by atoms with van der Waals surface area (Å²) in [7, 11) is 0. The molecular formula is C15H16F3N3O. The van der Waals surface area contributed by atoms with Crippen molar-refractivity contribution in [3.63, 3.8) is 0 Å². The van der Waals surface area contributed by atoms with Gasteiger partial charge in [-0.15, -0.1) is 0 Å². The van der Waals surface area contributed by atoms with E-state index < -0.39 is 11.7 Å². The van der Waals surface area contributed by atoms with Crippen LogP contribution < -0.4 is 5.32 Å². The Morgan fingerprint density at radius 2 is 2.09 bits per heavy atom. The first-order valence-corrected chi connectivity index (χ1v) is 6.77. The molecule has 0 saturated carbocycles. The molecule has 7 heteroatoms. The van der Waals surface area contributed by atoms with Crippen LogP contribution in [-0.2, 0) is 6.18 Å². The van der Waals surface area contributed by atoms with Crippen molar-refractivity contribution in [2.75, 3.05) is 6.54 Å². The largest absolute Gasteiger partial charge is 0.416 e. The van der Waals surface area contributed by atoms with E-state index in [1.54, 1.807) is 0 Å². The highest BCUT2D eigenvalue weighted by atomic mass is 19.4. The maximum Gasteiger partial charge on any atom is 0.416 e. The van der Waals surface area contributed by atoms with E-state index in [2.05, 4.69) is 10.3 Å². The van der Waals surface area contributed by atoms with Gasteiger partial charge in [-0.05, 0) is 24.1 Å². The van der Waals surface area contributed by atoms with Gasteiger partial charge in [0.2, 0.25) is 0 Å². The van der Waals surface area contributed by atoms with Gasteiger partial charge in [-0.1, -0.05) is 19.9 Å². The number of hydrogen-bond acceptors (Lipinski definition) is 2. The number of benzene rings is 1. The smallest absolute Gasteiger partial charge is 0.350 e. The molecule has 0 saturated heterocycles. The third-order valence-corrected chi connectivity index (χ3v) is 2.96. The first-order chi connectivity index (χ1) is 10.3. The highest BCUT2D eigenvalue weighted by Gasteiger charge is 2.30. The Balaban J connectivity index is 2.20. The molecule has 2 rings (SSSR count). The molecule has 0 aliphatic carbocycles. The molecule has 4 nitrogen and oxygen atoms in total. The monoisotopic (exact) mass is 311 g/mol. The Hall–Kier alpha value is -2.31. The van der Waals surface area contributed by atoms with Crippen LogP contribution in [0.4, 0.5) is 13.2 Å². The van der Waals surface area contributed by atoms with E-state index >= 15 is 0 Å². The van der Waals surface area contributed by atoms with Crippen LogP contribution in [0.2, 0.25) is 0 Å². The maximum atomic E-state index is 12.7. The predicted octanol–water partition coefficient (Wildman–Crippen LogP) is 3.28. The van der Waals surface area contributed by atoms with Gasteiger partial charge >= 0.3 is 6.18 Å². The highest BCUT2D eigenvalue weighted by molar-refractivity contribution is 5.92. The minimum atomic E-state index is -4.41. The Morgan fingerprint density at radius 3 is 2.73 bits per heavy atom. The van der Waals surface area contributed by atoms with E-state index in [4.69, 9.17) is 0 Å². The molecule has 1 aromatic heterocycles. The Kier molecular flexibility index (Phi) is 4.54. The van der Waals surface area contributed by atoms with Gasteiger partial charge in [0.15, 0.2) is 0 Å². The van der Waals surface area contributed by atoms with E-state index in [9.17, 15) is 18.0 Å². The zero-order valence-corrected chi connectivity index (χ0v) is 12.2. The number of amides is 1. The van der Waals surface area contributed by atoms with Gasteiger partial charge in [0.1, 0.15) is 12.0 Å². The number of aromatic nitrogens is 2. The van der Waals surface area contributed by atoms with Gasteiger partial charge in [0, 0.05) is 18.4 Å². The second kappa shape index (κ2) is 6.21. The number of nitrogens with one attached hydrogen (secondary N) is 1. The van der Waals surface area contributed by atoms with Crippen molar-refractivity contribution in [2.24, 2.45) is 5.92 Å². The second-order valence-electron chi connectivity index (χ2n) is 5.32. The minimum Gasteiger partial charge on any atom is -0.350 e. The van der Waals surface area contributed by atoms with Crippen molar-refractivity contribution in [3.8, 4) is 5.69 Å². The molecule has 0 fully saturated rings. The summed E-state index contributed by atoms with van der Waals surface area (Å²) < 4.78 is 39.5. The molecule has 2 aromatic rings. The molecule has 0 aliphatic heterocycles. The molecule has 0 atom stereocenters. The maximum absolute atomic E-state index is 12.7. The van der Waals surface area contributed by atoms with Gasteiger partial charge in [-0.2, -0.15) is 13.2 Å². The molecule has 0 spiro atoms. The van der Waals surface area contributed by atoms with Crippen LogP contribution in [0.15, 0.2) is 36.8 Å². The third kappa shape index (κ3) is 3.87. The van der Waals surface area contributed by atoms with Crippen molar-refractivity contribution in [2.45, 2.75) is 20.0 Å². The number of rotatable bonds is 4. The van der Waals surface area contributed by atoms with Crippen molar-refractivity contribution in [1.29, 1.82) is 0 Å². The summed E-state index contributed by atoms with van der Waals surface area (Å²) in [5.41, 5.74) is -0.284. The summed E-state index contributed by atoms with van der Waals surface area (Å²) in [6.45, 7) is 4.43. The quantitative estimate of drug-likeness (QED) is 0.942. The molecule has 1 N–H and O–H groups in total. The minimum absolute atomic E-state index is 0.165. The van der Waals surface area contributed by atoms with Crippen molar-refractivity contribution in [3.05, 3.63) is 48.0 Å². The number of nitrogens with zero attached hydrogens (tertiary/aromatic N) is 2. The van der Waals surface area contributed by atoms with Crippen LogP contribution >= 0.6 is 0 Å². The van der Waals surface area contributed by atoms with Crippen molar-refractivity contribution < 1.29 is 18.0 Å². The fraction of sp³-hybridized carbons (Fsp3) is 0.333. The fourth-order valence-electron chi connectivity index (χ4n) is 1.81. The van der Waals surface area contributed by atoms with E-state index in [-0.39, 0.29) is 11.6 Å². The molecular weight excluding hydrogens is 295 g/mol. The average molecular weight is 311 g/mol. The Labute approximate surface area is 126 Å². The van der Waals surface area contributed by atoms with Gasteiger partial charge in [-0.25, -0.2) is 4.98 Å². The Bertz CT molecular complexity index is 662. The summed E-state index contributed by atoms with van der Waals surface area (Å²) in [6, 6.07) is 4.84. The number of alkyl halides is 3. The topological polar surface area (TPSA) is 46.9 Å². The lowest BCUT2D eigenvalue weighted by molar-refractivity contribution is -0.137. The molecule has 0 unspecified atom stereocenters. The van der Waals surface area contributed by atoms with Gasteiger partial charge in [0.25, 0.3) is 5.91 Å². The standard InChI is InChI=1S/C15H16F3N3O/c1-10(2)7-19-14(22)13-8-21(9-20-13)12-5-3-4-11(6-12)15(16,17)18/h3-6,8-10H,7H2,1-2H3,(H,19,22). The summed E-state index contributed by atoms with van der Waals surface area (Å²) >= 11 is 0. The molecule has 1 amide bonds. The fourth-order valence-corrected chi connectivity index (χ4v) is 1.81. The lowest BCUT2D eigenvalue weighted by Gasteiger charge is -2.09. The SMILES string of the molecule is CC(C)CNC(=O)c1cn(-c2cccc(C(F)(F)F)c2)cn1. The van der Waals surface area contributed by atoms with Crippen LogP contribution in [0.5, 0.6) is 0 Å². The van der Waals surface area contributed by atoms with Crippen LogP contribution in [0.25, 0.3) is 5.69 Å². The van der Waals surface area contributed by atoms with Crippen LogP contribution in [-0.4, -0.2) is 22.0 Å². The number of imidazole rings is 1.